The SMILES string of the molecule is COc1ccc(S(=O)(=O)N(C)c2cc(OC)c(OC)c(OC)c2)cc1N. The van der Waals surface area contributed by atoms with Crippen molar-refractivity contribution in [3.63, 3.8) is 0 Å². The lowest BCUT2D eigenvalue weighted by Gasteiger charge is -2.22. The highest BCUT2D eigenvalue weighted by molar-refractivity contribution is 7.92. The van der Waals surface area contributed by atoms with Gasteiger partial charge in [-0.15, -0.1) is 0 Å². The molecule has 26 heavy (non-hydrogen) atoms. The van der Waals surface area contributed by atoms with Crippen molar-refractivity contribution in [1.82, 2.24) is 0 Å². The summed E-state index contributed by atoms with van der Waals surface area (Å²) < 4.78 is 47.9. The van der Waals surface area contributed by atoms with Crippen LogP contribution in [0.15, 0.2) is 35.2 Å². The number of rotatable bonds is 7. The number of nitrogens with zero attached hydrogens (tertiary/aromatic N) is 1. The van der Waals surface area contributed by atoms with E-state index in [2.05, 4.69) is 0 Å². The molecule has 2 N–H and O–H groups in total. The van der Waals surface area contributed by atoms with Gasteiger partial charge >= 0.3 is 0 Å². The zero-order chi connectivity index (χ0) is 19.5. The summed E-state index contributed by atoms with van der Waals surface area (Å²) in [5, 5.41) is 0. The maximum absolute atomic E-state index is 13.0. The highest BCUT2D eigenvalue weighted by atomic mass is 32.2. The molecule has 0 aromatic heterocycles. The Morgan fingerprint density at radius 3 is 1.81 bits per heavy atom. The van der Waals surface area contributed by atoms with Gasteiger partial charge in [0.25, 0.3) is 10.0 Å². The van der Waals surface area contributed by atoms with E-state index in [1.54, 1.807) is 12.1 Å². The third kappa shape index (κ3) is 3.43. The van der Waals surface area contributed by atoms with Crippen molar-refractivity contribution in [2.45, 2.75) is 4.90 Å². The fraction of sp³-hybridized carbons (Fsp3) is 0.294. The molecule has 0 aliphatic rings. The van der Waals surface area contributed by atoms with Crippen LogP contribution >= 0.6 is 0 Å². The lowest BCUT2D eigenvalue weighted by molar-refractivity contribution is 0.324. The van der Waals surface area contributed by atoms with Gasteiger partial charge in [-0.25, -0.2) is 8.42 Å². The van der Waals surface area contributed by atoms with Gasteiger partial charge in [-0.05, 0) is 18.2 Å². The van der Waals surface area contributed by atoms with Gasteiger partial charge < -0.3 is 24.7 Å². The molecule has 0 aliphatic carbocycles. The third-order valence-electron chi connectivity index (χ3n) is 3.87. The van der Waals surface area contributed by atoms with Crippen LogP contribution in [0.5, 0.6) is 23.0 Å². The number of ether oxygens (including phenoxy) is 4. The average Bonchev–Trinajstić information content (AvgIpc) is 2.65. The number of nitrogen functional groups attached to an aromatic ring is 1. The summed E-state index contributed by atoms with van der Waals surface area (Å²) in [6.07, 6.45) is 0. The van der Waals surface area contributed by atoms with Crippen molar-refractivity contribution < 1.29 is 27.4 Å². The van der Waals surface area contributed by atoms with E-state index in [0.717, 1.165) is 4.31 Å². The maximum Gasteiger partial charge on any atom is 0.264 e. The van der Waals surface area contributed by atoms with Gasteiger partial charge in [0, 0.05) is 19.2 Å². The standard InChI is InChI=1S/C17H22N2O6S/c1-19(11-8-15(23-3)17(25-5)16(9-11)24-4)26(20,21)12-6-7-14(22-2)13(18)10-12/h6-10H,18H2,1-5H3. The summed E-state index contributed by atoms with van der Waals surface area (Å²) in [5.74, 6) is 1.47. The first-order valence-corrected chi connectivity index (χ1v) is 8.96. The van der Waals surface area contributed by atoms with Crippen molar-refractivity contribution in [1.29, 1.82) is 0 Å². The Balaban J connectivity index is 2.53. The second kappa shape index (κ2) is 7.61. The maximum atomic E-state index is 13.0. The number of benzene rings is 2. The smallest absolute Gasteiger partial charge is 0.264 e. The molecule has 0 heterocycles. The number of anilines is 2. The molecule has 0 radical (unpaired) electrons. The van der Waals surface area contributed by atoms with Gasteiger partial charge in [0.05, 0.1) is 44.7 Å². The summed E-state index contributed by atoms with van der Waals surface area (Å²) in [5.41, 5.74) is 6.40. The number of hydrogen-bond donors (Lipinski definition) is 1. The van der Waals surface area contributed by atoms with E-state index < -0.39 is 10.0 Å². The van der Waals surface area contributed by atoms with Crippen LogP contribution in [-0.4, -0.2) is 43.9 Å². The van der Waals surface area contributed by atoms with Crippen LogP contribution in [0.2, 0.25) is 0 Å². The third-order valence-corrected chi connectivity index (χ3v) is 5.65. The molecule has 0 saturated carbocycles. The lowest BCUT2D eigenvalue weighted by atomic mass is 10.2. The minimum Gasteiger partial charge on any atom is -0.495 e. The van der Waals surface area contributed by atoms with Crippen molar-refractivity contribution >= 4 is 21.4 Å². The van der Waals surface area contributed by atoms with Gasteiger partial charge in [0.15, 0.2) is 11.5 Å². The molecule has 0 saturated heterocycles. The molecule has 2 rings (SSSR count). The largest absolute Gasteiger partial charge is 0.495 e. The molecule has 0 aliphatic heterocycles. The van der Waals surface area contributed by atoms with Crippen molar-refractivity contribution in [2.75, 3.05) is 45.5 Å². The van der Waals surface area contributed by atoms with Crippen LogP contribution < -0.4 is 29.0 Å². The Morgan fingerprint density at radius 2 is 1.38 bits per heavy atom. The monoisotopic (exact) mass is 382 g/mol. The van der Waals surface area contributed by atoms with Gasteiger partial charge in [-0.1, -0.05) is 0 Å². The Labute approximate surface area is 153 Å². The van der Waals surface area contributed by atoms with Crippen LogP contribution in [0.3, 0.4) is 0 Å². The summed E-state index contributed by atoms with van der Waals surface area (Å²) in [4.78, 5) is 0.0343. The van der Waals surface area contributed by atoms with Crippen LogP contribution in [0.4, 0.5) is 11.4 Å². The van der Waals surface area contributed by atoms with E-state index in [1.807, 2.05) is 0 Å². The Hall–Kier alpha value is -2.81. The molecule has 9 heteroatoms. The second-order valence-electron chi connectivity index (χ2n) is 5.26. The molecule has 0 atom stereocenters. The summed E-state index contributed by atoms with van der Waals surface area (Å²) in [7, 11) is 3.41. The molecule has 142 valence electrons. The van der Waals surface area contributed by atoms with E-state index in [0.29, 0.717) is 28.7 Å². The van der Waals surface area contributed by atoms with Crippen molar-refractivity contribution in [2.24, 2.45) is 0 Å². The Morgan fingerprint density at radius 1 is 0.846 bits per heavy atom. The minimum absolute atomic E-state index is 0.0343. The second-order valence-corrected chi connectivity index (χ2v) is 7.23. The van der Waals surface area contributed by atoms with Gasteiger partial charge in [-0.3, -0.25) is 4.31 Å². The van der Waals surface area contributed by atoms with E-state index in [-0.39, 0.29) is 10.6 Å². The normalized spacial score (nSPS) is 11.0. The zero-order valence-corrected chi connectivity index (χ0v) is 16.1. The highest BCUT2D eigenvalue weighted by Crippen LogP contribution is 2.41. The molecule has 0 bridgehead atoms. The number of methoxy groups -OCH3 is 4. The van der Waals surface area contributed by atoms with Gasteiger partial charge in [-0.2, -0.15) is 0 Å². The molecule has 0 spiro atoms. The molecule has 2 aromatic carbocycles. The predicted octanol–water partition coefficient (Wildman–Crippen LogP) is 2.13. The molecule has 0 unspecified atom stereocenters. The average molecular weight is 382 g/mol. The fourth-order valence-corrected chi connectivity index (χ4v) is 3.63. The predicted molar refractivity (Wildman–Crippen MR) is 99.1 cm³/mol. The summed E-state index contributed by atoms with van der Waals surface area (Å²) in [6, 6.07) is 7.38. The summed E-state index contributed by atoms with van der Waals surface area (Å²) in [6.45, 7) is 0. The molecular formula is C17H22N2O6S. The molecular weight excluding hydrogens is 360 g/mol. The highest BCUT2D eigenvalue weighted by Gasteiger charge is 2.25. The first-order valence-electron chi connectivity index (χ1n) is 7.52. The van der Waals surface area contributed by atoms with Crippen LogP contribution in [0.25, 0.3) is 0 Å². The molecule has 2 aromatic rings. The van der Waals surface area contributed by atoms with Gasteiger partial charge in [0.1, 0.15) is 5.75 Å². The topological polar surface area (TPSA) is 100 Å². The number of hydrogen-bond acceptors (Lipinski definition) is 7. The molecule has 8 nitrogen and oxygen atoms in total. The van der Waals surface area contributed by atoms with Crippen molar-refractivity contribution in [3.05, 3.63) is 30.3 Å². The number of sulfonamides is 1. The zero-order valence-electron chi connectivity index (χ0n) is 15.3. The van der Waals surface area contributed by atoms with E-state index >= 15 is 0 Å². The fourth-order valence-electron chi connectivity index (χ4n) is 2.42. The summed E-state index contributed by atoms with van der Waals surface area (Å²) >= 11 is 0. The first kappa shape index (κ1) is 19.5. The minimum atomic E-state index is -3.86. The quantitative estimate of drug-likeness (QED) is 0.732. The van der Waals surface area contributed by atoms with Crippen LogP contribution in [0.1, 0.15) is 0 Å². The van der Waals surface area contributed by atoms with Crippen LogP contribution in [-0.2, 0) is 10.0 Å². The lowest BCUT2D eigenvalue weighted by Crippen LogP contribution is -2.26. The number of nitrogens with two attached hydrogens (primary N) is 1. The van der Waals surface area contributed by atoms with Crippen LogP contribution in [0, 0.1) is 0 Å². The first-order chi connectivity index (χ1) is 12.3. The van der Waals surface area contributed by atoms with E-state index in [1.165, 1.54) is 53.7 Å². The van der Waals surface area contributed by atoms with Crippen molar-refractivity contribution in [3.8, 4) is 23.0 Å². The Kier molecular flexibility index (Phi) is 5.71. The Bertz CT molecular complexity index is 873. The molecule has 0 fully saturated rings. The molecule has 0 amide bonds. The van der Waals surface area contributed by atoms with Gasteiger partial charge in [0.2, 0.25) is 5.75 Å². The van der Waals surface area contributed by atoms with E-state index in [4.69, 9.17) is 24.7 Å². The van der Waals surface area contributed by atoms with E-state index in [9.17, 15) is 8.42 Å².